The summed E-state index contributed by atoms with van der Waals surface area (Å²) in [6, 6.07) is 9.72. The predicted molar refractivity (Wildman–Crippen MR) is 83.4 cm³/mol. The molecule has 5 heteroatoms. The number of amides is 1. The van der Waals surface area contributed by atoms with Gasteiger partial charge in [0.2, 0.25) is 5.91 Å². The van der Waals surface area contributed by atoms with Crippen molar-refractivity contribution in [2.75, 3.05) is 0 Å². The summed E-state index contributed by atoms with van der Waals surface area (Å²) in [5, 5.41) is 3.19. The number of rotatable bonds is 4. The maximum Gasteiger partial charge on any atom is 0.244 e. The molecule has 0 aliphatic heterocycles. The van der Waals surface area contributed by atoms with Crippen molar-refractivity contribution in [3.8, 4) is 0 Å². The fourth-order valence-electron chi connectivity index (χ4n) is 1.97. The van der Waals surface area contributed by atoms with E-state index in [9.17, 15) is 13.6 Å². The third-order valence-corrected chi connectivity index (χ3v) is 3.30. The fourth-order valence-corrected chi connectivity index (χ4v) is 2.17. The van der Waals surface area contributed by atoms with Crippen LogP contribution in [0.4, 0.5) is 8.78 Å². The Balaban J connectivity index is 2.02. The first kappa shape index (κ1) is 16.2. The van der Waals surface area contributed by atoms with E-state index in [1.165, 1.54) is 12.1 Å². The van der Waals surface area contributed by atoms with Crippen molar-refractivity contribution in [1.29, 1.82) is 0 Å². The Morgan fingerprint density at radius 1 is 1.23 bits per heavy atom. The first-order valence-corrected chi connectivity index (χ1v) is 7.02. The van der Waals surface area contributed by atoms with E-state index < -0.39 is 17.7 Å². The standard InChI is InChI=1S/C17H14ClF2NO/c1-11(15-7-6-14(19)10-16(15)20)21-17(22)8-5-12-3-2-4-13(18)9-12/h2-11H,1H3,(H,21,22)/b8-5+/t11-/m1/s1. The van der Waals surface area contributed by atoms with Crippen molar-refractivity contribution in [2.45, 2.75) is 13.0 Å². The lowest BCUT2D eigenvalue weighted by Crippen LogP contribution is -2.25. The van der Waals surface area contributed by atoms with E-state index in [-0.39, 0.29) is 11.5 Å². The number of carbonyl (C=O) groups is 1. The summed E-state index contributed by atoms with van der Waals surface area (Å²) in [4.78, 5) is 11.8. The summed E-state index contributed by atoms with van der Waals surface area (Å²) < 4.78 is 26.5. The second-order valence-corrected chi connectivity index (χ2v) is 5.22. The molecule has 1 N–H and O–H groups in total. The zero-order valence-electron chi connectivity index (χ0n) is 11.8. The topological polar surface area (TPSA) is 29.1 Å². The van der Waals surface area contributed by atoms with Crippen LogP contribution in [0.3, 0.4) is 0 Å². The molecule has 0 unspecified atom stereocenters. The van der Waals surface area contributed by atoms with Crippen LogP contribution >= 0.6 is 11.6 Å². The molecule has 0 fully saturated rings. The molecule has 0 spiro atoms. The molecule has 0 bridgehead atoms. The predicted octanol–water partition coefficient (Wildman–Crippen LogP) is 4.51. The molecule has 0 aliphatic rings. The minimum Gasteiger partial charge on any atom is -0.346 e. The van der Waals surface area contributed by atoms with Crippen LogP contribution in [0.1, 0.15) is 24.1 Å². The van der Waals surface area contributed by atoms with E-state index in [2.05, 4.69) is 5.32 Å². The summed E-state index contributed by atoms with van der Waals surface area (Å²) >= 11 is 5.85. The fraction of sp³-hybridized carbons (Fsp3) is 0.118. The monoisotopic (exact) mass is 321 g/mol. The number of halogens is 3. The SMILES string of the molecule is C[C@@H](NC(=O)/C=C/c1cccc(Cl)c1)c1ccc(F)cc1F. The van der Waals surface area contributed by atoms with Crippen LogP contribution in [-0.2, 0) is 4.79 Å². The smallest absolute Gasteiger partial charge is 0.244 e. The van der Waals surface area contributed by atoms with Gasteiger partial charge in [0, 0.05) is 22.7 Å². The lowest BCUT2D eigenvalue weighted by atomic mass is 10.1. The first-order valence-electron chi connectivity index (χ1n) is 6.65. The van der Waals surface area contributed by atoms with Gasteiger partial charge in [0.15, 0.2) is 0 Å². The Kier molecular flexibility index (Phi) is 5.28. The summed E-state index contributed by atoms with van der Waals surface area (Å²) in [6.07, 6.45) is 2.94. The van der Waals surface area contributed by atoms with Gasteiger partial charge in [-0.3, -0.25) is 4.79 Å². The largest absolute Gasteiger partial charge is 0.346 e. The van der Waals surface area contributed by atoms with Gasteiger partial charge < -0.3 is 5.32 Å². The minimum atomic E-state index is -0.688. The Morgan fingerprint density at radius 3 is 2.68 bits per heavy atom. The van der Waals surface area contributed by atoms with E-state index >= 15 is 0 Å². The molecular formula is C17H14ClF2NO. The highest BCUT2D eigenvalue weighted by molar-refractivity contribution is 6.30. The molecule has 2 rings (SSSR count). The van der Waals surface area contributed by atoms with Crippen molar-refractivity contribution in [3.05, 3.63) is 76.3 Å². The van der Waals surface area contributed by atoms with E-state index in [4.69, 9.17) is 11.6 Å². The molecule has 0 saturated carbocycles. The lowest BCUT2D eigenvalue weighted by Gasteiger charge is -2.13. The van der Waals surface area contributed by atoms with Crippen LogP contribution in [-0.4, -0.2) is 5.91 Å². The molecule has 0 saturated heterocycles. The summed E-state index contributed by atoms with van der Waals surface area (Å²) in [5.74, 6) is -1.72. The second-order valence-electron chi connectivity index (χ2n) is 4.78. The van der Waals surface area contributed by atoms with Crippen LogP contribution in [0, 0.1) is 11.6 Å². The van der Waals surface area contributed by atoms with Gasteiger partial charge in [0.05, 0.1) is 6.04 Å². The van der Waals surface area contributed by atoms with Crippen molar-refractivity contribution < 1.29 is 13.6 Å². The average molecular weight is 322 g/mol. The molecule has 1 amide bonds. The summed E-state index contributed by atoms with van der Waals surface area (Å²) in [7, 11) is 0. The number of hydrogen-bond donors (Lipinski definition) is 1. The van der Waals surface area contributed by atoms with Crippen LogP contribution in [0.15, 0.2) is 48.5 Å². The third-order valence-electron chi connectivity index (χ3n) is 3.06. The molecule has 0 aromatic heterocycles. The highest BCUT2D eigenvalue weighted by Crippen LogP contribution is 2.18. The van der Waals surface area contributed by atoms with Crippen LogP contribution in [0.25, 0.3) is 6.08 Å². The number of nitrogens with one attached hydrogen (secondary N) is 1. The first-order chi connectivity index (χ1) is 10.5. The van der Waals surface area contributed by atoms with Gasteiger partial charge in [0.1, 0.15) is 11.6 Å². The molecular weight excluding hydrogens is 308 g/mol. The molecule has 2 nitrogen and oxygen atoms in total. The molecule has 0 aliphatic carbocycles. The highest BCUT2D eigenvalue weighted by atomic mass is 35.5. The second kappa shape index (κ2) is 7.18. The molecule has 2 aromatic rings. The third kappa shape index (κ3) is 4.40. The molecule has 0 radical (unpaired) electrons. The van der Waals surface area contributed by atoms with Gasteiger partial charge in [-0.05, 0) is 36.8 Å². The minimum absolute atomic E-state index is 0.228. The van der Waals surface area contributed by atoms with Crippen molar-refractivity contribution in [1.82, 2.24) is 5.32 Å². The highest BCUT2D eigenvalue weighted by Gasteiger charge is 2.12. The Labute approximate surface area is 132 Å². The van der Waals surface area contributed by atoms with E-state index in [1.54, 1.807) is 37.3 Å². The molecule has 114 valence electrons. The number of hydrogen-bond acceptors (Lipinski definition) is 1. The van der Waals surface area contributed by atoms with Gasteiger partial charge in [0.25, 0.3) is 0 Å². The molecule has 22 heavy (non-hydrogen) atoms. The normalized spacial score (nSPS) is 12.4. The number of carbonyl (C=O) groups excluding carboxylic acids is 1. The van der Waals surface area contributed by atoms with Gasteiger partial charge in [-0.15, -0.1) is 0 Å². The van der Waals surface area contributed by atoms with Crippen LogP contribution in [0.5, 0.6) is 0 Å². The zero-order chi connectivity index (χ0) is 16.1. The molecule has 1 atom stereocenters. The van der Waals surface area contributed by atoms with E-state index in [0.717, 1.165) is 17.7 Å². The number of benzene rings is 2. The van der Waals surface area contributed by atoms with Crippen LogP contribution < -0.4 is 5.32 Å². The summed E-state index contributed by atoms with van der Waals surface area (Å²) in [5.41, 5.74) is 1.01. The lowest BCUT2D eigenvalue weighted by molar-refractivity contribution is -0.117. The van der Waals surface area contributed by atoms with Gasteiger partial charge in [-0.1, -0.05) is 29.8 Å². The quantitative estimate of drug-likeness (QED) is 0.825. The van der Waals surface area contributed by atoms with E-state index in [1.807, 2.05) is 0 Å². The molecule has 0 heterocycles. The Bertz CT molecular complexity index is 716. The van der Waals surface area contributed by atoms with Crippen molar-refractivity contribution in [2.24, 2.45) is 0 Å². The van der Waals surface area contributed by atoms with E-state index in [0.29, 0.717) is 5.02 Å². The Hall–Kier alpha value is -2.20. The summed E-state index contributed by atoms with van der Waals surface area (Å²) in [6.45, 7) is 1.63. The van der Waals surface area contributed by atoms with Crippen molar-refractivity contribution in [3.63, 3.8) is 0 Å². The van der Waals surface area contributed by atoms with Gasteiger partial charge >= 0.3 is 0 Å². The average Bonchev–Trinajstić information content (AvgIpc) is 2.45. The van der Waals surface area contributed by atoms with Crippen molar-refractivity contribution >= 4 is 23.6 Å². The maximum atomic E-state index is 13.6. The van der Waals surface area contributed by atoms with Gasteiger partial charge in [-0.25, -0.2) is 8.78 Å². The Morgan fingerprint density at radius 2 is 2.00 bits per heavy atom. The van der Waals surface area contributed by atoms with Crippen LogP contribution in [0.2, 0.25) is 5.02 Å². The van der Waals surface area contributed by atoms with Gasteiger partial charge in [-0.2, -0.15) is 0 Å². The zero-order valence-corrected chi connectivity index (χ0v) is 12.6. The molecule has 2 aromatic carbocycles. The maximum absolute atomic E-state index is 13.6.